The van der Waals surface area contributed by atoms with Crippen LogP contribution in [0, 0.1) is 22.7 Å². The Morgan fingerprint density at radius 1 is 1.28 bits per heavy atom. The third-order valence-electron chi connectivity index (χ3n) is 8.34. The Balaban J connectivity index is 1.97. The van der Waals surface area contributed by atoms with Gasteiger partial charge in [0.25, 0.3) is 0 Å². The van der Waals surface area contributed by atoms with Gasteiger partial charge in [-0.1, -0.05) is 53.6 Å². The van der Waals surface area contributed by atoms with Gasteiger partial charge in [-0.15, -0.1) is 0 Å². The number of halogens is 2. The second kappa shape index (κ2) is 9.66. The molecule has 32 heavy (non-hydrogen) atoms. The molecule has 2 N–H and O–H groups in total. The molecule has 1 aromatic carbocycles. The molecule has 0 aliphatic heterocycles. The molecule has 5 heteroatoms. The summed E-state index contributed by atoms with van der Waals surface area (Å²) in [5, 5.41) is 20.2. The average Bonchev–Trinajstić information content (AvgIpc) is 2.70. The lowest BCUT2D eigenvalue weighted by atomic mass is 9.46. The minimum Gasteiger partial charge on any atom is -0.506 e. The molecule has 2 saturated carbocycles. The first-order valence-corrected chi connectivity index (χ1v) is 13.3. The van der Waals surface area contributed by atoms with E-state index in [2.05, 4.69) is 72.2 Å². The SMILES string of the molecule is C=C1CC[C@@H]2[C@@](C)(CCC=C(C)C)[C@H](Br)CC[C@@]2(C)[C@H]1Cc1cc(C(=O)O)cc(Br)c1O. The van der Waals surface area contributed by atoms with Crippen molar-refractivity contribution >= 4 is 37.8 Å². The maximum atomic E-state index is 11.6. The molecule has 0 unspecified atom stereocenters. The van der Waals surface area contributed by atoms with Gasteiger partial charge in [0.05, 0.1) is 10.0 Å². The van der Waals surface area contributed by atoms with E-state index in [1.807, 2.05) is 0 Å². The number of hydrogen-bond acceptors (Lipinski definition) is 2. The number of aromatic hydroxyl groups is 1. The highest BCUT2D eigenvalue weighted by Gasteiger charge is 2.57. The third-order valence-corrected chi connectivity index (χ3v) is 10.4. The Morgan fingerprint density at radius 3 is 2.59 bits per heavy atom. The van der Waals surface area contributed by atoms with Gasteiger partial charge in [0.2, 0.25) is 0 Å². The van der Waals surface area contributed by atoms with Gasteiger partial charge in [-0.2, -0.15) is 0 Å². The first-order chi connectivity index (χ1) is 14.9. The normalized spacial score (nSPS) is 32.3. The van der Waals surface area contributed by atoms with Crippen LogP contribution in [0.5, 0.6) is 5.75 Å². The van der Waals surface area contributed by atoms with E-state index in [0.29, 0.717) is 27.2 Å². The summed E-state index contributed by atoms with van der Waals surface area (Å²) < 4.78 is 0.436. The maximum absolute atomic E-state index is 11.6. The summed E-state index contributed by atoms with van der Waals surface area (Å²) in [6, 6.07) is 3.10. The van der Waals surface area contributed by atoms with Gasteiger partial charge in [0.15, 0.2) is 0 Å². The van der Waals surface area contributed by atoms with E-state index in [-0.39, 0.29) is 28.1 Å². The Hall–Kier alpha value is -1.07. The molecule has 3 nitrogen and oxygen atoms in total. The van der Waals surface area contributed by atoms with E-state index in [1.54, 1.807) is 6.07 Å². The fourth-order valence-corrected chi connectivity index (χ4v) is 7.77. The number of carboxylic acid groups (broad SMARTS) is 1. The molecule has 5 atom stereocenters. The fourth-order valence-electron chi connectivity index (χ4n) is 6.50. The van der Waals surface area contributed by atoms with Crippen LogP contribution in [0.1, 0.15) is 82.1 Å². The van der Waals surface area contributed by atoms with Crippen LogP contribution in [0.4, 0.5) is 0 Å². The smallest absolute Gasteiger partial charge is 0.335 e. The van der Waals surface area contributed by atoms with Crippen molar-refractivity contribution in [1.29, 1.82) is 0 Å². The van der Waals surface area contributed by atoms with Crippen LogP contribution in [0.3, 0.4) is 0 Å². The number of carbonyl (C=O) groups is 1. The number of rotatable bonds is 6. The molecule has 2 aliphatic rings. The van der Waals surface area contributed by atoms with Crippen LogP contribution in [0.15, 0.2) is 40.4 Å². The number of hydrogen-bond donors (Lipinski definition) is 2. The summed E-state index contributed by atoms with van der Waals surface area (Å²) in [4.78, 5) is 12.1. The molecular formula is C27H36Br2O3. The zero-order valence-electron chi connectivity index (χ0n) is 19.7. The first-order valence-electron chi connectivity index (χ1n) is 11.6. The lowest BCUT2D eigenvalue weighted by molar-refractivity contribution is -0.0588. The Labute approximate surface area is 209 Å². The van der Waals surface area contributed by atoms with Gasteiger partial charge in [-0.3, -0.25) is 0 Å². The van der Waals surface area contributed by atoms with Crippen LogP contribution in [0.25, 0.3) is 0 Å². The molecule has 0 heterocycles. The summed E-state index contributed by atoms with van der Waals surface area (Å²) in [6.45, 7) is 13.7. The monoisotopic (exact) mass is 566 g/mol. The second-order valence-corrected chi connectivity index (χ2v) is 12.6. The number of allylic oxidation sites excluding steroid dienone is 3. The molecule has 1 aromatic rings. The molecule has 0 saturated heterocycles. The Kier molecular flexibility index (Phi) is 7.71. The van der Waals surface area contributed by atoms with Crippen molar-refractivity contribution in [3.8, 4) is 5.75 Å². The predicted octanol–water partition coefficient (Wildman–Crippen LogP) is 8.29. The minimum atomic E-state index is -0.981. The van der Waals surface area contributed by atoms with Crippen molar-refractivity contribution in [3.05, 3.63) is 51.5 Å². The zero-order chi connectivity index (χ0) is 23.8. The van der Waals surface area contributed by atoms with Crippen LogP contribution in [-0.4, -0.2) is 21.0 Å². The van der Waals surface area contributed by atoms with Crippen molar-refractivity contribution in [2.75, 3.05) is 0 Å². The zero-order valence-corrected chi connectivity index (χ0v) is 22.9. The number of phenols is 1. The molecular weight excluding hydrogens is 532 g/mol. The van der Waals surface area contributed by atoms with Gasteiger partial charge in [-0.05, 0) is 115 Å². The number of benzene rings is 1. The Morgan fingerprint density at radius 2 is 1.97 bits per heavy atom. The van der Waals surface area contributed by atoms with Crippen molar-refractivity contribution in [1.82, 2.24) is 0 Å². The van der Waals surface area contributed by atoms with Crippen LogP contribution >= 0.6 is 31.9 Å². The van der Waals surface area contributed by atoms with Gasteiger partial charge < -0.3 is 10.2 Å². The van der Waals surface area contributed by atoms with E-state index >= 15 is 0 Å². The number of carboxylic acids is 1. The first kappa shape index (κ1) is 25.6. The summed E-state index contributed by atoms with van der Waals surface area (Å²) in [5.41, 5.74) is 3.74. The quantitative estimate of drug-likeness (QED) is 0.268. The van der Waals surface area contributed by atoms with E-state index in [9.17, 15) is 15.0 Å². The third kappa shape index (κ3) is 4.75. The van der Waals surface area contributed by atoms with E-state index in [1.165, 1.54) is 17.2 Å². The van der Waals surface area contributed by atoms with E-state index in [4.69, 9.17) is 0 Å². The van der Waals surface area contributed by atoms with Crippen molar-refractivity contribution in [3.63, 3.8) is 0 Å². The highest BCUT2D eigenvalue weighted by molar-refractivity contribution is 9.10. The molecule has 0 radical (unpaired) electrons. The van der Waals surface area contributed by atoms with Gasteiger partial charge in [0, 0.05) is 4.83 Å². The van der Waals surface area contributed by atoms with E-state index in [0.717, 1.165) is 38.5 Å². The summed E-state index contributed by atoms with van der Waals surface area (Å²) in [6.07, 6.45) is 9.57. The number of phenolic OH excluding ortho intramolecular Hbond substituents is 1. The molecule has 0 bridgehead atoms. The van der Waals surface area contributed by atoms with Crippen molar-refractivity contribution in [2.24, 2.45) is 22.7 Å². The van der Waals surface area contributed by atoms with E-state index < -0.39 is 5.97 Å². The lowest BCUT2D eigenvalue weighted by Gasteiger charge is -2.61. The standard InChI is InChI=1S/C27H36Br2O3/c1-16(2)7-6-11-27(5)22-9-8-17(3)20(26(22,4)12-10-23(27)29)14-18-13-19(25(31)32)15-21(28)24(18)30/h7,13,15,20,22-23,30H,3,6,8-12,14H2,1-2,4-5H3,(H,31,32)/t20-,22-,23+,26-,27+/m0/s1. The largest absolute Gasteiger partial charge is 0.506 e. The number of aromatic carboxylic acids is 1. The van der Waals surface area contributed by atoms with Gasteiger partial charge in [0.1, 0.15) is 5.75 Å². The van der Waals surface area contributed by atoms with Crippen LogP contribution < -0.4 is 0 Å². The number of fused-ring (bicyclic) bond motifs is 1. The second-order valence-electron chi connectivity index (χ2n) is 10.6. The summed E-state index contributed by atoms with van der Waals surface area (Å²) in [7, 11) is 0. The molecule has 0 spiro atoms. The fraction of sp³-hybridized carbons (Fsp3) is 0.593. The van der Waals surface area contributed by atoms with Gasteiger partial charge >= 0.3 is 5.97 Å². The highest BCUT2D eigenvalue weighted by atomic mass is 79.9. The molecule has 2 fully saturated rings. The summed E-state index contributed by atoms with van der Waals surface area (Å²) in [5.74, 6) is -0.0764. The van der Waals surface area contributed by atoms with Crippen molar-refractivity contribution < 1.29 is 15.0 Å². The van der Waals surface area contributed by atoms with Crippen LogP contribution in [0.2, 0.25) is 0 Å². The topological polar surface area (TPSA) is 57.5 Å². The predicted molar refractivity (Wildman–Crippen MR) is 139 cm³/mol. The van der Waals surface area contributed by atoms with Gasteiger partial charge in [-0.25, -0.2) is 4.79 Å². The molecule has 176 valence electrons. The minimum absolute atomic E-state index is 0.0669. The lowest BCUT2D eigenvalue weighted by Crippen LogP contribution is -2.54. The highest BCUT2D eigenvalue weighted by Crippen LogP contribution is 2.64. The maximum Gasteiger partial charge on any atom is 0.335 e. The van der Waals surface area contributed by atoms with Crippen molar-refractivity contribution in [2.45, 2.75) is 77.5 Å². The molecule has 2 aliphatic carbocycles. The van der Waals surface area contributed by atoms with Crippen LogP contribution in [-0.2, 0) is 6.42 Å². The molecule has 0 amide bonds. The summed E-state index contributed by atoms with van der Waals surface area (Å²) >= 11 is 7.40. The number of alkyl halides is 1. The molecule has 0 aromatic heterocycles. The average molecular weight is 568 g/mol. The Bertz CT molecular complexity index is 933. The molecule has 3 rings (SSSR count).